The predicted molar refractivity (Wildman–Crippen MR) is 114 cm³/mol. The Labute approximate surface area is 173 Å². The fourth-order valence-corrected chi connectivity index (χ4v) is 5.10. The second-order valence-corrected chi connectivity index (χ2v) is 8.65. The van der Waals surface area contributed by atoms with Crippen molar-refractivity contribution in [2.45, 2.75) is 31.7 Å². The van der Waals surface area contributed by atoms with Gasteiger partial charge in [0.2, 0.25) is 12.7 Å². The fraction of sp³-hybridized carbons (Fsp3) is 0.364. The number of amides is 1. The molecule has 2 aliphatic rings. The second-order valence-electron chi connectivity index (χ2n) is 7.59. The lowest BCUT2D eigenvalue weighted by Gasteiger charge is -2.35. The lowest BCUT2D eigenvalue weighted by molar-refractivity contribution is -0.121. The predicted octanol–water partition coefficient (Wildman–Crippen LogP) is 4.23. The highest BCUT2D eigenvalue weighted by atomic mass is 32.1. The molecule has 2 aliphatic heterocycles. The number of likely N-dealkylation sites (tertiary alicyclic amines) is 1. The van der Waals surface area contributed by atoms with Crippen molar-refractivity contribution in [2.24, 2.45) is 0 Å². The maximum Gasteiger partial charge on any atom is 0.241 e. The van der Waals surface area contributed by atoms with Gasteiger partial charge in [-0.2, -0.15) is 0 Å². The van der Waals surface area contributed by atoms with Crippen LogP contribution in [0.5, 0.6) is 11.5 Å². The zero-order chi connectivity index (χ0) is 19.8. The Bertz CT molecular complexity index is 1020. The van der Waals surface area contributed by atoms with Gasteiger partial charge in [-0.05, 0) is 50.6 Å². The van der Waals surface area contributed by atoms with Gasteiger partial charge in [-0.15, -0.1) is 11.3 Å². The van der Waals surface area contributed by atoms with Crippen molar-refractivity contribution in [3.63, 3.8) is 0 Å². The van der Waals surface area contributed by atoms with E-state index in [9.17, 15) is 4.79 Å². The first-order chi connectivity index (χ1) is 14.2. The van der Waals surface area contributed by atoms with Gasteiger partial charge in [-0.3, -0.25) is 9.69 Å². The van der Waals surface area contributed by atoms with Gasteiger partial charge in [0.05, 0.1) is 21.3 Å². The van der Waals surface area contributed by atoms with Crippen LogP contribution in [-0.4, -0.2) is 41.7 Å². The number of carbonyl (C=O) groups excluding carboxylic acids is 1. The largest absolute Gasteiger partial charge is 0.454 e. The Balaban J connectivity index is 1.26. The molecule has 0 saturated carbocycles. The quantitative estimate of drug-likeness (QED) is 0.699. The van der Waals surface area contributed by atoms with Gasteiger partial charge in [0, 0.05) is 24.2 Å². The average Bonchev–Trinajstić information content (AvgIpc) is 3.39. The summed E-state index contributed by atoms with van der Waals surface area (Å²) in [7, 11) is 0. The number of thiazole rings is 1. The third-order valence-electron chi connectivity index (χ3n) is 5.68. The minimum Gasteiger partial charge on any atom is -0.454 e. The van der Waals surface area contributed by atoms with Crippen LogP contribution in [0.2, 0.25) is 0 Å². The summed E-state index contributed by atoms with van der Waals surface area (Å²) < 4.78 is 12.0. The minimum absolute atomic E-state index is 0.00573. The molecule has 0 radical (unpaired) electrons. The molecule has 7 heteroatoms. The van der Waals surface area contributed by atoms with Crippen molar-refractivity contribution < 1.29 is 14.3 Å². The molecule has 3 heterocycles. The number of hydrogen-bond donors (Lipinski definition) is 1. The molecular weight excluding hydrogens is 386 g/mol. The van der Waals surface area contributed by atoms with Gasteiger partial charge >= 0.3 is 0 Å². The summed E-state index contributed by atoms with van der Waals surface area (Å²) in [6, 6.07) is 13.5. The third kappa shape index (κ3) is 3.68. The number of ether oxygens (including phenoxy) is 2. The Hall–Kier alpha value is -2.64. The van der Waals surface area contributed by atoms with E-state index in [0.717, 1.165) is 37.1 Å². The summed E-state index contributed by atoms with van der Waals surface area (Å²) in [5.41, 5.74) is 1.80. The zero-order valence-corrected chi connectivity index (χ0v) is 17.1. The summed E-state index contributed by atoms with van der Waals surface area (Å²) in [4.78, 5) is 20.0. The van der Waals surface area contributed by atoms with E-state index >= 15 is 0 Å². The molecule has 0 spiro atoms. The number of benzene rings is 2. The molecule has 2 aromatic carbocycles. The van der Waals surface area contributed by atoms with Gasteiger partial charge in [-0.1, -0.05) is 12.1 Å². The maximum atomic E-state index is 12.9. The summed E-state index contributed by atoms with van der Waals surface area (Å²) in [5.74, 6) is 1.76. The average molecular weight is 410 g/mol. The number of rotatable bonds is 4. The van der Waals surface area contributed by atoms with E-state index in [-0.39, 0.29) is 18.7 Å². The molecule has 0 aliphatic carbocycles. The first kappa shape index (κ1) is 18.4. The van der Waals surface area contributed by atoms with Crippen molar-refractivity contribution >= 4 is 33.1 Å². The molecule has 1 aromatic heterocycles. The number of hydrogen-bond acceptors (Lipinski definition) is 6. The van der Waals surface area contributed by atoms with Crippen LogP contribution in [0.4, 0.5) is 5.69 Å². The Morgan fingerprint density at radius 1 is 1.24 bits per heavy atom. The molecular formula is C22H23N3O3S. The molecule has 0 bridgehead atoms. The number of piperidine rings is 1. The number of aromatic nitrogens is 1. The number of carbonyl (C=O) groups is 1. The Morgan fingerprint density at radius 2 is 2.10 bits per heavy atom. The standard InChI is InChI=1S/C22H23N3O3S/c1-14(21(26)23-16-8-9-18-19(11-16)28-13-27-18)25-10-4-5-15(12-25)22-24-17-6-2-3-7-20(17)29-22/h2-3,6-9,11,14-15H,4-5,10,12-13H2,1H3,(H,23,26). The van der Waals surface area contributed by atoms with Crippen LogP contribution >= 0.6 is 11.3 Å². The first-order valence-corrected chi connectivity index (χ1v) is 10.8. The molecule has 5 rings (SSSR count). The summed E-state index contributed by atoms with van der Waals surface area (Å²) in [6.07, 6.45) is 2.19. The zero-order valence-electron chi connectivity index (χ0n) is 16.3. The third-order valence-corrected chi connectivity index (χ3v) is 6.88. The lowest BCUT2D eigenvalue weighted by atomic mass is 9.97. The van der Waals surface area contributed by atoms with E-state index in [1.807, 2.05) is 31.2 Å². The van der Waals surface area contributed by atoms with Crippen LogP contribution in [0.1, 0.15) is 30.7 Å². The van der Waals surface area contributed by atoms with E-state index in [0.29, 0.717) is 17.4 Å². The van der Waals surface area contributed by atoms with E-state index < -0.39 is 0 Å². The van der Waals surface area contributed by atoms with Crippen molar-refractivity contribution in [2.75, 3.05) is 25.2 Å². The molecule has 6 nitrogen and oxygen atoms in total. The topological polar surface area (TPSA) is 63.7 Å². The van der Waals surface area contributed by atoms with Crippen molar-refractivity contribution in [3.05, 3.63) is 47.5 Å². The molecule has 2 unspecified atom stereocenters. The molecule has 3 aromatic rings. The smallest absolute Gasteiger partial charge is 0.241 e. The van der Waals surface area contributed by atoms with Crippen LogP contribution in [0.25, 0.3) is 10.2 Å². The Kier molecular flexibility index (Phi) is 4.85. The van der Waals surface area contributed by atoms with Gasteiger partial charge in [-0.25, -0.2) is 4.98 Å². The van der Waals surface area contributed by atoms with Gasteiger partial charge in [0.25, 0.3) is 0 Å². The molecule has 1 saturated heterocycles. The normalized spacial score (nSPS) is 20.0. The van der Waals surface area contributed by atoms with Crippen LogP contribution in [0.3, 0.4) is 0 Å². The first-order valence-electron chi connectivity index (χ1n) is 9.97. The maximum absolute atomic E-state index is 12.9. The number of nitrogens with zero attached hydrogens (tertiary/aromatic N) is 2. The highest BCUT2D eigenvalue weighted by molar-refractivity contribution is 7.18. The van der Waals surface area contributed by atoms with Crippen LogP contribution in [0, 0.1) is 0 Å². The molecule has 150 valence electrons. The van der Waals surface area contributed by atoms with Crippen molar-refractivity contribution in [3.8, 4) is 11.5 Å². The number of para-hydroxylation sites is 1. The van der Waals surface area contributed by atoms with E-state index in [1.54, 1.807) is 11.3 Å². The van der Waals surface area contributed by atoms with Crippen molar-refractivity contribution in [1.82, 2.24) is 9.88 Å². The number of fused-ring (bicyclic) bond motifs is 2. The van der Waals surface area contributed by atoms with Gasteiger partial charge in [0.1, 0.15) is 0 Å². The second kappa shape index (κ2) is 7.65. The minimum atomic E-state index is -0.211. The van der Waals surface area contributed by atoms with Crippen molar-refractivity contribution in [1.29, 1.82) is 0 Å². The molecule has 1 fully saturated rings. The lowest BCUT2D eigenvalue weighted by Crippen LogP contribution is -2.46. The van der Waals surface area contributed by atoms with Gasteiger partial charge in [0.15, 0.2) is 11.5 Å². The van der Waals surface area contributed by atoms with Crippen LogP contribution in [-0.2, 0) is 4.79 Å². The highest BCUT2D eigenvalue weighted by Crippen LogP contribution is 2.35. The van der Waals surface area contributed by atoms with E-state index in [4.69, 9.17) is 14.5 Å². The van der Waals surface area contributed by atoms with E-state index in [1.165, 1.54) is 9.71 Å². The monoisotopic (exact) mass is 409 g/mol. The fourth-order valence-electron chi connectivity index (χ4n) is 4.01. The Morgan fingerprint density at radius 3 is 3.00 bits per heavy atom. The van der Waals surface area contributed by atoms with Crippen LogP contribution in [0.15, 0.2) is 42.5 Å². The van der Waals surface area contributed by atoms with Gasteiger partial charge < -0.3 is 14.8 Å². The molecule has 29 heavy (non-hydrogen) atoms. The molecule has 2 atom stereocenters. The highest BCUT2D eigenvalue weighted by Gasteiger charge is 2.30. The number of nitrogens with one attached hydrogen (secondary N) is 1. The SMILES string of the molecule is CC(C(=O)Nc1ccc2c(c1)OCO2)N1CCCC(c2nc3ccccc3s2)C1. The molecule has 1 N–H and O–H groups in total. The summed E-state index contributed by atoms with van der Waals surface area (Å²) in [6.45, 7) is 3.99. The number of anilines is 1. The van der Waals surface area contributed by atoms with E-state index in [2.05, 4.69) is 28.4 Å². The van der Waals surface area contributed by atoms with Crippen LogP contribution < -0.4 is 14.8 Å². The molecule has 1 amide bonds. The summed E-state index contributed by atoms with van der Waals surface area (Å²) >= 11 is 1.78. The summed E-state index contributed by atoms with van der Waals surface area (Å²) in [5, 5.41) is 4.20.